The van der Waals surface area contributed by atoms with Gasteiger partial charge in [0.1, 0.15) is 0 Å². The minimum absolute atomic E-state index is 0.549. The zero-order chi connectivity index (χ0) is 30.5. The summed E-state index contributed by atoms with van der Waals surface area (Å²) in [6.07, 6.45) is 0. The molecule has 1 aromatic heterocycles. The average molecular weight is 587 g/mol. The van der Waals surface area contributed by atoms with Crippen LogP contribution < -0.4 is 0 Å². The molecular weight excluding hydrogens is 560 g/mol. The van der Waals surface area contributed by atoms with E-state index in [9.17, 15) is 0 Å². The normalized spacial score (nSPS) is 11.5. The predicted molar refractivity (Wildman–Crippen MR) is 187 cm³/mol. The molecule has 0 amide bonds. The third kappa shape index (κ3) is 4.39. The molecule has 0 unspecified atom stereocenters. The third-order valence-corrected chi connectivity index (χ3v) is 8.96. The van der Waals surface area contributed by atoms with E-state index in [1.807, 2.05) is 42.5 Å². The lowest BCUT2D eigenvalue weighted by atomic mass is 9.93. The van der Waals surface area contributed by atoms with Gasteiger partial charge < -0.3 is 0 Å². The largest absolute Gasteiger partial charge is 0.204 e. The van der Waals surface area contributed by atoms with Crippen molar-refractivity contribution in [3.8, 4) is 78.4 Å². The Labute approximate surface area is 266 Å². The molecule has 0 N–H and O–H groups in total. The van der Waals surface area contributed by atoms with Crippen LogP contribution in [0.25, 0.3) is 89.2 Å². The van der Waals surface area contributed by atoms with Gasteiger partial charge in [-0.2, -0.15) is 0 Å². The molecule has 0 saturated heterocycles. The second-order valence-corrected chi connectivity index (χ2v) is 11.6. The van der Waals surface area contributed by atoms with E-state index in [-0.39, 0.29) is 0 Å². The quantitative estimate of drug-likeness (QED) is 0.201. The summed E-state index contributed by atoms with van der Waals surface area (Å²) >= 11 is 0. The fourth-order valence-corrected chi connectivity index (χ4v) is 6.65. The third-order valence-electron chi connectivity index (χ3n) is 8.96. The highest BCUT2D eigenvalue weighted by atomic mass is 15.3. The number of nitrogens with zero attached hydrogens (tertiary/aromatic N) is 4. The van der Waals surface area contributed by atoms with Crippen LogP contribution in [0.2, 0.25) is 0 Å². The first-order valence-corrected chi connectivity index (χ1v) is 15.4. The van der Waals surface area contributed by atoms with E-state index in [1.54, 1.807) is 0 Å². The Bertz CT molecular complexity index is 2350. The summed E-state index contributed by atoms with van der Waals surface area (Å²) < 4.78 is 0. The second kappa shape index (κ2) is 10.7. The molecule has 0 bridgehead atoms. The zero-order valence-corrected chi connectivity index (χ0v) is 24.8. The fraction of sp³-hybridized carbons (Fsp3) is 0. The maximum atomic E-state index is 4.73. The van der Waals surface area contributed by atoms with Crippen molar-refractivity contribution in [2.45, 2.75) is 0 Å². The molecule has 9 rings (SSSR count). The van der Waals surface area contributed by atoms with E-state index in [0.717, 1.165) is 27.8 Å². The van der Waals surface area contributed by atoms with Crippen LogP contribution in [0, 0.1) is 0 Å². The van der Waals surface area contributed by atoms with Crippen LogP contribution in [-0.2, 0) is 0 Å². The van der Waals surface area contributed by atoms with E-state index in [2.05, 4.69) is 131 Å². The van der Waals surface area contributed by atoms with Crippen molar-refractivity contribution in [3.63, 3.8) is 0 Å². The molecule has 1 aliphatic carbocycles. The van der Waals surface area contributed by atoms with Gasteiger partial charge in [-0.3, -0.25) is 0 Å². The van der Waals surface area contributed by atoms with Crippen molar-refractivity contribution in [1.29, 1.82) is 0 Å². The predicted octanol–water partition coefficient (Wildman–Crippen LogP) is 10.4. The van der Waals surface area contributed by atoms with Crippen LogP contribution in [0.5, 0.6) is 0 Å². The summed E-state index contributed by atoms with van der Waals surface area (Å²) in [5.41, 5.74) is 14.1. The Morgan fingerprint density at radius 1 is 0.283 bits per heavy atom. The number of aromatic nitrogens is 4. The number of hydrogen-bond acceptors (Lipinski definition) is 4. The van der Waals surface area contributed by atoms with E-state index in [0.29, 0.717) is 11.6 Å². The highest BCUT2D eigenvalue weighted by molar-refractivity contribution is 6.18. The fourth-order valence-electron chi connectivity index (χ4n) is 6.65. The summed E-state index contributed by atoms with van der Waals surface area (Å²) in [5.74, 6) is 1.10. The van der Waals surface area contributed by atoms with Gasteiger partial charge in [0.05, 0.1) is 0 Å². The molecule has 0 saturated carbocycles. The minimum atomic E-state index is 0.549. The van der Waals surface area contributed by atoms with E-state index in [1.165, 1.54) is 49.7 Å². The van der Waals surface area contributed by atoms with E-state index < -0.39 is 0 Å². The molecule has 8 aromatic rings. The summed E-state index contributed by atoms with van der Waals surface area (Å²) in [5, 5.41) is 15.1. The van der Waals surface area contributed by atoms with Crippen molar-refractivity contribution in [1.82, 2.24) is 20.4 Å². The van der Waals surface area contributed by atoms with Crippen LogP contribution >= 0.6 is 0 Å². The summed E-state index contributed by atoms with van der Waals surface area (Å²) in [6.45, 7) is 0. The first kappa shape index (κ1) is 26.2. The van der Waals surface area contributed by atoms with Crippen molar-refractivity contribution in [3.05, 3.63) is 158 Å². The molecule has 0 radical (unpaired) electrons. The Kier molecular flexibility index (Phi) is 6.10. The van der Waals surface area contributed by atoms with Gasteiger partial charge in [0.25, 0.3) is 0 Å². The van der Waals surface area contributed by atoms with Gasteiger partial charge in [0, 0.05) is 11.1 Å². The van der Waals surface area contributed by atoms with Crippen LogP contribution in [-0.4, -0.2) is 20.4 Å². The molecule has 1 aliphatic rings. The summed E-state index contributed by atoms with van der Waals surface area (Å²) in [7, 11) is 0. The van der Waals surface area contributed by atoms with Crippen LogP contribution in [0.3, 0.4) is 0 Å². The van der Waals surface area contributed by atoms with Crippen LogP contribution in [0.15, 0.2) is 158 Å². The smallest absolute Gasteiger partial charge is 0.185 e. The average Bonchev–Trinajstić information content (AvgIpc) is 3.47. The summed E-state index contributed by atoms with van der Waals surface area (Å²) in [6, 6.07) is 55.6. The summed E-state index contributed by atoms with van der Waals surface area (Å²) in [4.78, 5) is 4.73. The molecule has 214 valence electrons. The molecule has 0 atom stereocenters. The van der Waals surface area contributed by atoms with Crippen LogP contribution in [0.1, 0.15) is 0 Å². The van der Waals surface area contributed by atoms with Gasteiger partial charge in [-0.05, 0) is 71.6 Å². The zero-order valence-electron chi connectivity index (χ0n) is 24.8. The first-order chi connectivity index (χ1) is 22.8. The van der Waals surface area contributed by atoms with Crippen molar-refractivity contribution in [2.24, 2.45) is 0 Å². The standard InChI is InChI=1S/C42H26N4/c1-2-7-27(8-3-1)28-15-21-32(22-16-28)41-43-42(45-46-44-41)33-23-17-30(18-24-33)29-13-19-31(20-14-29)34-25-26-39-36-10-5-4-9-35(36)38-12-6-11-37(34)40(38)39/h1-26H. The monoisotopic (exact) mass is 586 g/mol. The van der Waals surface area contributed by atoms with Gasteiger partial charge in [-0.1, -0.05) is 158 Å². The molecule has 0 fully saturated rings. The van der Waals surface area contributed by atoms with Gasteiger partial charge in [-0.15, -0.1) is 10.2 Å². The highest BCUT2D eigenvalue weighted by Crippen LogP contribution is 2.49. The molecule has 1 heterocycles. The highest BCUT2D eigenvalue weighted by Gasteiger charge is 2.22. The number of fused-ring (bicyclic) bond motifs is 3. The lowest BCUT2D eigenvalue weighted by Gasteiger charge is -2.11. The molecule has 4 heteroatoms. The Balaban J connectivity index is 0.973. The molecule has 0 spiro atoms. The molecular formula is C42H26N4. The van der Waals surface area contributed by atoms with Gasteiger partial charge in [-0.25, -0.2) is 4.98 Å². The maximum absolute atomic E-state index is 4.73. The van der Waals surface area contributed by atoms with Gasteiger partial charge in [0.15, 0.2) is 11.6 Å². The molecule has 7 aromatic carbocycles. The minimum Gasteiger partial charge on any atom is -0.204 e. The van der Waals surface area contributed by atoms with E-state index >= 15 is 0 Å². The van der Waals surface area contributed by atoms with Gasteiger partial charge in [0.2, 0.25) is 0 Å². The second-order valence-electron chi connectivity index (χ2n) is 11.6. The van der Waals surface area contributed by atoms with Crippen LogP contribution in [0.4, 0.5) is 0 Å². The molecule has 4 nitrogen and oxygen atoms in total. The Morgan fingerprint density at radius 2 is 0.717 bits per heavy atom. The lowest BCUT2D eigenvalue weighted by Crippen LogP contribution is -1.99. The number of hydrogen-bond donors (Lipinski definition) is 0. The Morgan fingerprint density at radius 3 is 1.30 bits per heavy atom. The van der Waals surface area contributed by atoms with Crippen molar-refractivity contribution >= 4 is 10.8 Å². The number of rotatable bonds is 5. The van der Waals surface area contributed by atoms with E-state index in [4.69, 9.17) is 4.98 Å². The SMILES string of the molecule is c1ccc(-c2ccc(-c3nnnc(-c4ccc(-c5ccc(-c6ccc7c8c(cccc68)-c6ccccc6-7)cc5)cc4)n3)cc2)cc1. The van der Waals surface area contributed by atoms with Crippen molar-refractivity contribution < 1.29 is 0 Å². The molecule has 46 heavy (non-hydrogen) atoms. The topological polar surface area (TPSA) is 51.6 Å². The lowest BCUT2D eigenvalue weighted by molar-refractivity contribution is 0.834. The molecule has 0 aliphatic heterocycles. The Hall–Kier alpha value is -6.26. The number of benzene rings is 7. The van der Waals surface area contributed by atoms with Gasteiger partial charge >= 0.3 is 0 Å². The first-order valence-electron chi connectivity index (χ1n) is 15.4. The maximum Gasteiger partial charge on any atom is 0.185 e. The van der Waals surface area contributed by atoms with Crippen molar-refractivity contribution in [2.75, 3.05) is 0 Å².